The lowest BCUT2D eigenvalue weighted by atomic mass is 9.88. The maximum Gasteiger partial charge on any atom is 0.108 e. The van der Waals surface area contributed by atoms with Gasteiger partial charge in [0.25, 0.3) is 0 Å². The zero-order valence-corrected chi connectivity index (χ0v) is 8.89. The van der Waals surface area contributed by atoms with E-state index in [9.17, 15) is 0 Å². The molecule has 0 bridgehead atoms. The van der Waals surface area contributed by atoms with Gasteiger partial charge < -0.3 is 0 Å². The molecule has 0 rings (SSSR count). The predicted molar refractivity (Wildman–Crippen MR) is 51.8 cm³/mol. The van der Waals surface area contributed by atoms with Crippen LogP contribution in [0, 0.1) is 17.2 Å². The third-order valence-corrected chi connectivity index (χ3v) is 2.77. The van der Waals surface area contributed by atoms with Crippen molar-refractivity contribution in [2.24, 2.45) is 5.92 Å². The number of nitriles is 1. The lowest BCUT2D eigenvalue weighted by Crippen LogP contribution is -2.48. The summed E-state index contributed by atoms with van der Waals surface area (Å²) < 4.78 is 0. The number of hydrogen-bond acceptors (Lipinski definition) is 2. The number of hydrogen-bond donors (Lipinski definition) is 0. The number of rotatable bonds is 4. The van der Waals surface area contributed by atoms with E-state index in [2.05, 4.69) is 38.7 Å². The quantitative estimate of drug-likeness (QED) is 0.644. The highest BCUT2D eigenvalue weighted by molar-refractivity contribution is 5.06. The minimum Gasteiger partial charge on any atom is -0.286 e. The van der Waals surface area contributed by atoms with E-state index in [1.807, 2.05) is 6.92 Å². The first kappa shape index (κ1) is 11.4. The summed E-state index contributed by atoms with van der Waals surface area (Å²) in [5.41, 5.74) is -0.302. The van der Waals surface area contributed by atoms with Gasteiger partial charge in [-0.25, -0.2) is 0 Å². The van der Waals surface area contributed by atoms with E-state index in [0.29, 0.717) is 5.92 Å². The van der Waals surface area contributed by atoms with E-state index < -0.39 is 0 Å². The molecule has 2 nitrogen and oxygen atoms in total. The van der Waals surface area contributed by atoms with E-state index in [1.165, 1.54) is 0 Å². The van der Waals surface area contributed by atoms with Crippen LogP contribution in [0.25, 0.3) is 0 Å². The molecule has 0 aliphatic carbocycles. The largest absolute Gasteiger partial charge is 0.286 e. The van der Waals surface area contributed by atoms with Crippen molar-refractivity contribution in [3.8, 4) is 6.07 Å². The summed E-state index contributed by atoms with van der Waals surface area (Å²) >= 11 is 0. The molecule has 0 aromatic rings. The topological polar surface area (TPSA) is 27.0 Å². The van der Waals surface area contributed by atoms with Crippen LogP contribution in [0.5, 0.6) is 0 Å². The maximum absolute atomic E-state index is 9.10. The minimum atomic E-state index is -0.302. The molecule has 0 fully saturated rings. The Morgan fingerprint density at radius 3 is 1.83 bits per heavy atom. The van der Waals surface area contributed by atoms with Crippen LogP contribution in [0.15, 0.2) is 0 Å². The zero-order chi connectivity index (χ0) is 9.78. The van der Waals surface area contributed by atoms with Crippen molar-refractivity contribution in [2.45, 2.75) is 40.2 Å². The Balaban J connectivity index is 4.62. The summed E-state index contributed by atoms with van der Waals surface area (Å²) in [5, 5.41) is 9.10. The van der Waals surface area contributed by atoms with Crippen LogP contribution in [0.2, 0.25) is 0 Å². The second kappa shape index (κ2) is 4.47. The number of nitrogens with zero attached hydrogens (tertiary/aromatic N) is 2. The average Bonchev–Trinajstić information content (AvgIpc) is 2.05. The van der Waals surface area contributed by atoms with Crippen molar-refractivity contribution < 1.29 is 0 Å². The Hall–Kier alpha value is -0.550. The molecule has 2 heteroatoms. The van der Waals surface area contributed by atoms with Gasteiger partial charge in [0.2, 0.25) is 0 Å². The van der Waals surface area contributed by atoms with Gasteiger partial charge in [0.1, 0.15) is 5.54 Å². The van der Waals surface area contributed by atoms with Crippen LogP contribution < -0.4 is 0 Å². The Bertz CT molecular complexity index is 165. The van der Waals surface area contributed by atoms with Crippen molar-refractivity contribution in [1.29, 1.82) is 5.26 Å². The fourth-order valence-electron chi connectivity index (χ4n) is 1.45. The molecule has 12 heavy (non-hydrogen) atoms. The lowest BCUT2D eigenvalue weighted by Gasteiger charge is -2.37. The summed E-state index contributed by atoms with van der Waals surface area (Å²) in [5.74, 6) is 0.377. The fourth-order valence-corrected chi connectivity index (χ4v) is 1.45. The van der Waals surface area contributed by atoms with E-state index in [4.69, 9.17) is 5.26 Å². The van der Waals surface area contributed by atoms with E-state index in [0.717, 1.165) is 13.1 Å². The smallest absolute Gasteiger partial charge is 0.108 e. The van der Waals surface area contributed by atoms with Crippen LogP contribution in [0.1, 0.15) is 34.6 Å². The van der Waals surface area contributed by atoms with Gasteiger partial charge in [-0.15, -0.1) is 0 Å². The van der Waals surface area contributed by atoms with Gasteiger partial charge in [0.05, 0.1) is 6.07 Å². The molecule has 0 saturated heterocycles. The second-order valence-corrected chi connectivity index (χ2v) is 3.59. The molecular formula is C10H20N2. The lowest BCUT2D eigenvalue weighted by molar-refractivity contribution is 0.123. The van der Waals surface area contributed by atoms with Gasteiger partial charge >= 0.3 is 0 Å². The van der Waals surface area contributed by atoms with Gasteiger partial charge in [-0.05, 0) is 25.9 Å². The summed E-state index contributed by atoms with van der Waals surface area (Å²) in [6.07, 6.45) is 0. The Labute approximate surface area is 76.2 Å². The molecule has 0 aliphatic heterocycles. The normalized spacial score (nSPS) is 16.2. The van der Waals surface area contributed by atoms with Crippen LogP contribution in [-0.2, 0) is 0 Å². The molecule has 0 aromatic heterocycles. The zero-order valence-electron chi connectivity index (χ0n) is 8.89. The Kier molecular flexibility index (Phi) is 4.26. The van der Waals surface area contributed by atoms with Gasteiger partial charge in [0, 0.05) is 0 Å². The van der Waals surface area contributed by atoms with Crippen molar-refractivity contribution in [3.05, 3.63) is 0 Å². The molecule has 0 radical (unpaired) electrons. The maximum atomic E-state index is 9.10. The van der Waals surface area contributed by atoms with E-state index >= 15 is 0 Å². The summed E-state index contributed by atoms with van der Waals surface area (Å²) in [7, 11) is 0. The summed E-state index contributed by atoms with van der Waals surface area (Å²) in [6, 6.07) is 2.41. The van der Waals surface area contributed by atoms with Gasteiger partial charge in [-0.2, -0.15) is 5.26 Å². The minimum absolute atomic E-state index is 0.302. The molecular weight excluding hydrogens is 148 g/mol. The molecule has 70 valence electrons. The van der Waals surface area contributed by atoms with Crippen LogP contribution in [-0.4, -0.2) is 23.5 Å². The molecule has 1 unspecified atom stereocenters. The predicted octanol–water partition coefficient (Wildman–Crippen LogP) is 2.27. The van der Waals surface area contributed by atoms with Crippen molar-refractivity contribution in [1.82, 2.24) is 4.90 Å². The summed E-state index contributed by atoms with van der Waals surface area (Å²) in [6.45, 7) is 12.3. The molecule has 0 spiro atoms. The Morgan fingerprint density at radius 1 is 1.33 bits per heavy atom. The van der Waals surface area contributed by atoms with E-state index in [1.54, 1.807) is 0 Å². The second-order valence-electron chi connectivity index (χ2n) is 3.59. The highest BCUT2D eigenvalue weighted by Crippen LogP contribution is 2.23. The van der Waals surface area contributed by atoms with Crippen molar-refractivity contribution in [2.75, 3.05) is 13.1 Å². The molecule has 0 aromatic carbocycles. The van der Waals surface area contributed by atoms with E-state index in [-0.39, 0.29) is 5.54 Å². The average molecular weight is 168 g/mol. The SMILES string of the molecule is CCN(CC)C(C)(C#N)C(C)C. The fraction of sp³-hybridized carbons (Fsp3) is 0.900. The first-order valence-corrected chi connectivity index (χ1v) is 4.69. The van der Waals surface area contributed by atoms with Gasteiger partial charge in [0.15, 0.2) is 0 Å². The highest BCUT2D eigenvalue weighted by Gasteiger charge is 2.33. The first-order chi connectivity index (χ1) is 5.52. The molecule has 1 atom stereocenters. The molecule has 0 aliphatic rings. The van der Waals surface area contributed by atoms with Crippen molar-refractivity contribution >= 4 is 0 Å². The highest BCUT2D eigenvalue weighted by atomic mass is 15.2. The van der Waals surface area contributed by atoms with Crippen LogP contribution >= 0.6 is 0 Å². The Morgan fingerprint density at radius 2 is 1.75 bits per heavy atom. The standard InChI is InChI=1S/C10H20N2/c1-6-12(7-2)10(5,8-11)9(3)4/h9H,6-7H2,1-5H3. The monoisotopic (exact) mass is 168 g/mol. The van der Waals surface area contributed by atoms with Gasteiger partial charge in [-0.3, -0.25) is 4.90 Å². The van der Waals surface area contributed by atoms with Crippen molar-refractivity contribution in [3.63, 3.8) is 0 Å². The van der Waals surface area contributed by atoms with Crippen LogP contribution in [0.3, 0.4) is 0 Å². The van der Waals surface area contributed by atoms with Gasteiger partial charge in [-0.1, -0.05) is 27.7 Å². The third-order valence-electron chi connectivity index (χ3n) is 2.77. The molecule has 0 N–H and O–H groups in total. The molecule has 0 amide bonds. The molecule has 0 saturated carbocycles. The molecule has 0 heterocycles. The first-order valence-electron chi connectivity index (χ1n) is 4.69. The summed E-state index contributed by atoms with van der Waals surface area (Å²) in [4.78, 5) is 2.21. The van der Waals surface area contributed by atoms with Crippen LogP contribution in [0.4, 0.5) is 0 Å². The third kappa shape index (κ3) is 1.98.